The highest BCUT2D eigenvalue weighted by Crippen LogP contribution is 2.25. The van der Waals surface area contributed by atoms with Gasteiger partial charge in [-0.1, -0.05) is 12.1 Å². The standard InChI is InChI=1S/C18H21N3O2/c1-12-20-16-9-4-3-8-15(16)17(21-12)19-11-13-6-5-7-14(10-13)18(22)23-2/h5-7,10H,3-4,8-9,11H2,1-2H3,(H,19,20,21). The quantitative estimate of drug-likeness (QED) is 0.879. The maximum Gasteiger partial charge on any atom is 0.337 e. The summed E-state index contributed by atoms with van der Waals surface area (Å²) < 4.78 is 4.76. The zero-order chi connectivity index (χ0) is 16.2. The van der Waals surface area contributed by atoms with E-state index < -0.39 is 0 Å². The zero-order valence-corrected chi connectivity index (χ0v) is 13.6. The van der Waals surface area contributed by atoms with E-state index >= 15 is 0 Å². The third-order valence-corrected chi connectivity index (χ3v) is 4.10. The van der Waals surface area contributed by atoms with Gasteiger partial charge in [-0.15, -0.1) is 0 Å². The van der Waals surface area contributed by atoms with Crippen LogP contribution in [0, 0.1) is 6.92 Å². The van der Waals surface area contributed by atoms with Crippen LogP contribution in [0.25, 0.3) is 0 Å². The average Bonchev–Trinajstić information content (AvgIpc) is 2.59. The molecule has 0 aliphatic heterocycles. The summed E-state index contributed by atoms with van der Waals surface area (Å²) in [5, 5.41) is 3.41. The summed E-state index contributed by atoms with van der Waals surface area (Å²) in [6.07, 6.45) is 4.45. The number of benzene rings is 1. The number of esters is 1. The van der Waals surface area contributed by atoms with Gasteiger partial charge in [-0.3, -0.25) is 0 Å². The summed E-state index contributed by atoms with van der Waals surface area (Å²) in [4.78, 5) is 20.7. The van der Waals surface area contributed by atoms with Gasteiger partial charge in [0.15, 0.2) is 0 Å². The van der Waals surface area contributed by atoms with Crippen LogP contribution in [0.1, 0.15) is 45.8 Å². The molecule has 0 amide bonds. The number of nitrogens with zero attached hydrogens (tertiary/aromatic N) is 2. The lowest BCUT2D eigenvalue weighted by Gasteiger charge is -2.19. The number of ether oxygens (including phenoxy) is 1. The maximum absolute atomic E-state index is 11.6. The Labute approximate surface area is 136 Å². The molecule has 3 rings (SSSR count). The van der Waals surface area contributed by atoms with Crippen molar-refractivity contribution in [2.24, 2.45) is 0 Å². The van der Waals surface area contributed by atoms with Crippen molar-refractivity contribution in [2.45, 2.75) is 39.2 Å². The number of hydrogen-bond donors (Lipinski definition) is 1. The van der Waals surface area contributed by atoms with Crippen LogP contribution in [0.3, 0.4) is 0 Å². The second-order valence-corrected chi connectivity index (χ2v) is 5.80. The lowest BCUT2D eigenvalue weighted by molar-refractivity contribution is 0.0600. The predicted octanol–water partition coefficient (Wildman–Crippen LogP) is 3.06. The zero-order valence-electron chi connectivity index (χ0n) is 13.6. The Hall–Kier alpha value is -2.43. The molecule has 23 heavy (non-hydrogen) atoms. The monoisotopic (exact) mass is 311 g/mol. The summed E-state index contributed by atoms with van der Waals surface area (Å²) in [5.41, 5.74) is 4.00. The van der Waals surface area contributed by atoms with Crippen LogP contribution in [-0.4, -0.2) is 23.0 Å². The highest BCUT2D eigenvalue weighted by Gasteiger charge is 2.16. The third-order valence-electron chi connectivity index (χ3n) is 4.10. The molecule has 0 atom stereocenters. The number of rotatable bonds is 4. The molecule has 0 fully saturated rings. The lowest BCUT2D eigenvalue weighted by atomic mass is 9.96. The minimum absolute atomic E-state index is 0.317. The van der Waals surface area contributed by atoms with E-state index in [4.69, 9.17) is 4.74 Å². The topological polar surface area (TPSA) is 64.1 Å². The van der Waals surface area contributed by atoms with Crippen molar-refractivity contribution in [1.29, 1.82) is 0 Å². The second kappa shape index (κ2) is 6.77. The maximum atomic E-state index is 11.6. The molecule has 0 spiro atoms. The number of fused-ring (bicyclic) bond motifs is 1. The van der Waals surface area contributed by atoms with Gasteiger partial charge < -0.3 is 10.1 Å². The molecule has 5 nitrogen and oxygen atoms in total. The van der Waals surface area contributed by atoms with Gasteiger partial charge in [0.05, 0.1) is 12.7 Å². The van der Waals surface area contributed by atoms with Gasteiger partial charge in [0, 0.05) is 17.8 Å². The molecule has 1 heterocycles. The first-order valence-electron chi connectivity index (χ1n) is 7.95. The Morgan fingerprint density at radius 2 is 2.09 bits per heavy atom. The number of nitrogens with one attached hydrogen (secondary N) is 1. The third kappa shape index (κ3) is 3.50. The van der Waals surface area contributed by atoms with Gasteiger partial charge in [0.25, 0.3) is 0 Å². The molecule has 5 heteroatoms. The largest absolute Gasteiger partial charge is 0.465 e. The number of aryl methyl sites for hydroxylation is 2. The number of methoxy groups -OCH3 is 1. The van der Waals surface area contributed by atoms with Gasteiger partial charge in [-0.2, -0.15) is 0 Å². The first kappa shape index (κ1) is 15.5. The molecule has 2 aromatic rings. The molecular weight excluding hydrogens is 290 g/mol. The molecule has 1 N–H and O–H groups in total. The average molecular weight is 311 g/mol. The van der Waals surface area contributed by atoms with Crippen molar-refractivity contribution >= 4 is 11.8 Å². The molecule has 1 aromatic heterocycles. The van der Waals surface area contributed by atoms with Crippen LogP contribution in [0.4, 0.5) is 5.82 Å². The Bertz CT molecular complexity index is 728. The molecule has 0 saturated heterocycles. The number of hydrogen-bond acceptors (Lipinski definition) is 5. The van der Waals surface area contributed by atoms with Crippen LogP contribution < -0.4 is 5.32 Å². The smallest absolute Gasteiger partial charge is 0.337 e. The van der Waals surface area contributed by atoms with Gasteiger partial charge in [0.2, 0.25) is 0 Å². The van der Waals surface area contributed by atoms with E-state index in [1.807, 2.05) is 25.1 Å². The summed E-state index contributed by atoms with van der Waals surface area (Å²) in [7, 11) is 1.39. The summed E-state index contributed by atoms with van der Waals surface area (Å²) in [6.45, 7) is 2.55. The van der Waals surface area contributed by atoms with E-state index in [1.54, 1.807) is 6.07 Å². The number of aromatic nitrogens is 2. The van der Waals surface area contributed by atoms with E-state index in [0.717, 1.165) is 30.0 Å². The van der Waals surface area contributed by atoms with Gasteiger partial charge in [-0.05, 0) is 50.3 Å². The second-order valence-electron chi connectivity index (χ2n) is 5.80. The normalized spacial score (nSPS) is 13.3. The van der Waals surface area contributed by atoms with Crippen molar-refractivity contribution in [3.8, 4) is 0 Å². The van der Waals surface area contributed by atoms with Crippen LogP contribution in [0.5, 0.6) is 0 Å². The highest BCUT2D eigenvalue weighted by molar-refractivity contribution is 5.89. The first-order valence-corrected chi connectivity index (χ1v) is 7.95. The van der Waals surface area contributed by atoms with E-state index in [9.17, 15) is 4.79 Å². The van der Waals surface area contributed by atoms with Crippen LogP contribution in [0.15, 0.2) is 24.3 Å². The van der Waals surface area contributed by atoms with E-state index in [2.05, 4.69) is 15.3 Å². The van der Waals surface area contributed by atoms with E-state index in [0.29, 0.717) is 12.1 Å². The Morgan fingerprint density at radius 3 is 2.91 bits per heavy atom. The van der Waals surface area contributed by atoms with Crippen LogP contribution in [-0.2, 0) is 24.1 Å². The predicted molar refractivity (Wildman–Crippen MR) is 88.5 cm³/mol. The van der Waals surface area contributed by atoms with Crippen molar-refractivity contribution < 1.29 is 9.53 Å². The number of anilines is 1. The van der Waals surface area contributed by atoms with Crippen molar-refractivity contribution in [1.82, 2.24) is 9.97 Å². The number of carbonyl (C=O) groups excluding carboxylic acids is 1. The molecule has 1 aromatic carbocycles. The summed E-state index contributed by atoms with van der Waals surface area (Å²) in [6, 6.07) is 7.45. The molecule has 1 aliphatic carbocycles. The molecule has 1 aliphatic rings. The van der Waals surface area contributed by atoms with Gasteiger partial charge in [0.1, 0.15) is 11.6 Å². The van der Waals surface area contributed by atoms with Crippen molar-refractivity contribution in [2.75, 3.05) is 12.4 Å². The fraction of sp³-hybridized carbons (Fsp3) is 0.389. The summed E-state index contributed by atoms with van der Waals surface area (Å²) in [5.74, 6) is 1.41. The van der Waals surface area contributed by atoms with E-state index in [-0.39, 0.29) is 5.97 Å². The molecular formula is C18H21N3O2. The first-order chi connectivity index (χ1) is 11.2. The van der Waals surface area contributed by atoms with Crippen LogP contribution >= 0.6 is 0 Å². The van der Waals surface area contributed by atoms with Gasteiger partial charge in [-0.25, -0.2) is 14.8 Å². The fourth-order valence-electron chi connectivity index (χ4n) is 2.98. The van der Waals surface area contributed by atoms with Crippen molar-refractivity contribution in [3.05, 3.63) is 52.5 Å². The minimum atomic E-state index is -0.317. The molecule has 120 valence electrons. The lowest BCUT2D eigenvalue weighted by Crippen LogP contribution is -2.14. The Kier molecular flexibility index (Phi) is 4.55. The minimum Gasteiger partial charge on any atom is -0.465 e. The number of carbonyl (C=O) groups is 1. The molecule has 0 saturated carbocycles. The SMILES string of the molecule is COC(=O)c1cccc(CNc2nc(C)nc3c2CCCC3)c1. The Morgan fingerprint density at radius 1 is 1.26 bits per heavy atom. The molecule has 0 unspecified atom stereocenters. The highest BCUT2D eigenvalue weighted by atomic mass is 16.5. The van der Waals surface area contributed by atoms with Crippen LogP contribution in [0.2, 0.25) is 0 Å². The fourth-order valence-corrected chi connectivity index (χ4v) is 2.98. The summed E-state index contributed by atoms with van der Waals surface area (Å²) >= 11 is 0. The molecule has 0 radical (unpaired) electrons. The van der Waals surface area contributed by atoms with Crippen molar-refractivity contribution in [3.63, 3.8) is 0 Å². The van der Waals surface area contributed by atoms with E-state index in [1.165, 1.54) is 31.2 Å². The Balaban J connectivity index is 1.79. The molecule has 0 bridgehead atoms. The van der Waals surface area contributed by atoms with Gasteiger partial charge >= 0.3 is 5.97 Å².